The zero-order chi connectivity index (χ0) is 16.1. The van der Waals surface area contributed by atoms with Crippen molar-refractivity contribution in [3.63, 3.8) is 0 Å². The van der Waals surface area contributed by atoms with Crippen molar-refractivity contribution in [1.82, 2.24) is 15.5 Å². The summed E-state index contributed by atoms with van der Waals surface area (Å²) in [6, 6.07) is 10.9. The van der Waals surface area contributed by atoms with Gasteiger partial charge in [0.2, 0.25) is 0 Å². The van der Waals surface area contributed by atoms with Crippen LogP contribution in [0.25, 0.3) is 0 Å². The van der Waals surface area contributed by atoms with Crippen LogP contribution in [0.2, 0.25) is 0 Å². The van der Waals surface area contributed by atoms with E-state index < -0.39 is 0 Å². The lowest BCUT2D eigenvalue weighted by Gasteiger charge is -2.20. The first-order valence-corrected chi connectivity index (χ1v) is 8.98. The number of nitrogens with one attached hydrogen (secondary N) is 2. The molecule has 1 unspecified atom stereocenters. The Balaban J connectivity index is 1.45. The molecule has 1 aliphatic carbocycles. The molecule has 0 aromatic heterocycles. The Kier molecular flexibility index (Phi) is 5.21. The number of benzene rings is 1. The van der Waals surface area contributed by atoms with Crippen molar-refractivity contribution in [3.8, 4) is 0 Å². The minimum Gasteiger partial charge on any atom is -0.356 e. The molecule has 2 aliphatic rings. The summed E-state index contributed by atoms with van der Waals surface area (Å²) in [5, 5.41) is 7.07. The largest absolute Gasteiger partial charge is 0.356 e. The first kappa shape index (κ1) is 16.3. The number of guanidine groups is 1. The SMILES string of the molecule is CCN1CCC(CNC(=NC)NCC2(c3ccccc3)CC2)C1. The van der Waals surface area contributed by atoms with Crippen LogP contribution in [0.3, 0.4) is 0 Å². The molecule has 23 heavy (non-hydrogen) atoms. The molecule has 3 rings (SSSR count). The number of hydrogen-bond donors (Lipinski definition) is 2. The zero-order valence-corrected chi connectivity index (χ0v) is 14.5. The standard InChI is InChI=1S/C19H30N4/c1-3-23-12-9-16(14-23)13-21-18(20-2)22-15-19(10-11-19)17-7-5-4-6-8-17/h4-8,16H,3,9-15H2,1-2H3,(H2,20,21,22). The van der Waals surface area contributed by atoms with Crippen LogP contribution >= 0.6 is 0 Å². The maximum absolute atomic E-state index is 4.39. The van der Waals surface area contributed by atoms with Crippen LogP contribution in [-0.4, -0.2) is 50.6 Å². The highest BCUT2D eigenvalue weighted by Gasteiger charge is 2.44. The molecule has 2 N–H and O–H groups in total. The van der Waals surface area contributed by atoms with Gasteiger partial charge in [0.1, 0.15) is 0 Å². The molecule has 4 heteroatoms. The monoisotopic (exact) mass is 314 g/mol. The van der Waals surface area contributed by atoms with Gasteiger partial charge in [0.15, 0.2) is 5.96 Å². The van der Waals surface area contributed by atoms with E-state index in [0.717, 1.165) is 25.0 Å². The maximum Gasteiger partial charge on any atom is 0.191 e. The average Bonchev–Trinajstić information content (AvgIpc) is 3.26. The fraction of sp³-hybridized carbons (Fsp3) is 0.632. The molecule has 126 valence electrons. The van der Waals surface area contributed by atoms with E-state index in [4.69, 9.17) is 0 Å². The quantitative estimate of drug-likeness (QED) is 0.625. The lowest BCUT2D eigenvalue weighted by molar-refractivity contribution is 0.341. The Morgan fingerprint density at radius 2 is 2.04 bits per heavy atom. The van der Waals surface area contributed by atoms with Crippen molar-refractivity contribution in [3.05, 3.63) is 35.9 Å². The molecular weight excluding hydrogens is 284 g/mol. The number of nitrogens with zero attached hydrogens (tertiary/aromatic N) is 2. The third kappa shape index (κ3) is 4.05. The van der Waals surface area contributed by atoms with E-state index in [0.29, 0.717) is 5.41 Å². The number of hydrogen-bond acceptors (Lipinski definition) is 2. The lowest BCUT2D eigenvalue weighted by Crippen LogP contribution is -2.43. The molecule has 1 aromatic carbocycles. The van der Waals surface area contributed by atoms with Gasteiger partial charge < -0.3 is 15.5 Å². The summed E-state index contributed by atoms with van der Waals surface area (Å²) in [6.07, 6.45) is 3.84. The van der Waals surface area contributed by atoms with Crippen LogP contribution in [-0.2, 0) is 5.41 Å². The number of likely N-dealkylation sites (tertiary alicyclic amines) is 1. The minimum atomic E-state index is 0.325. The summed E-state index contributed by atoms with van der Waals surface area (Å²) in [7, 11) is 1.87. The molecule has 1 saturated carbocycles. The van der Waals surface area contributed by atoms with Crippen LogP contribution in [0.15, 0.2) is 35.3 Å². The van der Waals surface area contributed by atoms with Gasteiger partial charge in [-0.15, -0.1) is 0 Å². The first-order chi connectivity index (χ1) is 11.3. The van der Waals surface area contributed by atoms with Crippen molar-refractivity contribution < 1.29 is 0 Å². The smallest absolute Gasteiger partial charge is 0.191 e. The Hall–Kier alpha value is -1.55. The highest BCUT2D eigenvalue weighted by atomic mass is 15.2. The van der Waals surface area contributed by atoms with Crippen molar-refractivity contribution in [2.75, 3.05) is 39.8 Å². The number of rotatable bonds is 6. The van der Waals surface area contributed by atoms with Gasteiger partial charge >= 0.3 is 0 Å². The fourth-order valence-electron chi connectivity index (χ4n) is 3.59. The summed E-state index contributed by atoms with van der Waals surface area (Å²) in [5.74, 6) is 1.69. The van der Waals surface area contributed by atoms with E-state index in [1.54, 1.807) is 0 Å². The van der Waals surface area contributed by atoms with Gasteiger partial charge in [0.05, 0.1) is 0 Å². The van der Waals surface area contributed by atoms with E-state index in [1.165, 1.54) is 44.5 Å². The van der Waals surface area contributed by atoms with Crippen LogP contribution in [0.4, 0.5) is 0 Å². The van der Waals surface area contributed by atoms with Crippen LogP contribution in [0.1, 0.15) is 31.7 Å². The molecule has 0 bridgehead atoms. The topological polar surface area (TPSA) is 39.7 Å². The van der Waals surface area contributed by atoms with E-state index in [-0.39, 0.29) is 0 Å². The predicted octanol–water partition coefficient (Wildman–Crippen LogP) is 2.23. The van der Waals surface area contributed by atoms with E-state index in [1.807, 2.05) is 7.05 Å². The van der Waals surface area contributed by atoms with Crippen LogP contribution < -0.4 is 10.6 Å². The average molecular weight is 314 g/mol. The second-order valence-electron chi connectivity index (χ2n) is 7.00. The van der Waals surface area contributed by atoms with E-state index in [9.17, 15) is 0 Å². The molecule has 1 heterocycles. The van der Waals surface area contributed by atoms with Gasteiger partial charge in [0.25, 0.3) is 0 Å². The predicted molar refractivity (Wildman–Crippen MR) is 96.9 cm³/mol. The van der Waals surface area contributed by atoms with Gasteiger partial charge in [0, 0.05) is 32.1 Å². The molecule has 1 aromatic rings. The van der Waals surface area contributed by atoms with Crippen molar-refractivity contribution in [2.45, 2.75) is 31.6 Å². The van der Waals surface area contributed by atoms with Gasteiger partial charge in [-0.05, 0) is 43.8 Å². The third-order valence-electron chi connectivity index (χ3n) is 5.43. The maximum atomic E-state index is 4.39. The molecule has 2 fully saturated rings. The lowest BCUT2D eigenvalue weighted by atomic mass is 9.96. The Labute approximate surface area is 140 Å². The van der Waals surface area contributed by atoms with Gasteiger partial charge in [-0.1, -0.05) is 37.3 Å². The highest BCUT2D eigenvalue weighted by molar-refractivity contribution is 5.79. The first-order valence-electron chi connectivity index (χ1n) is 8.98. The fourth-order valence-corrected chi connectivity index (χ4v) is 3.59. The molecule has 0 amide bonds. The zero-order valence-electron chi connectivity index (χ0n) is 14.5. The summed E-state index contributed by atoms with van der Waals surface area (Å²) in [4.78, 5) is 6.92. The van der Waals surface area contributed by atoms with Crippen molar-refractivity contribution >= 4 is 5.96 Å². The molecule has 4 nitrogen and oxygen atoms in total. The third-order valence-corrected chi connectivity index (χ3v) is 5.43. The van der Waals surface area contributed by atoms with Gasteiger partial charge in [-0.3, -0.25) is 4.99 Å². The van der Waals surface area contributed by atoms with Crippen molar-refractivity contribution in [2.24, 2.45) is 10.9 Å². The Bertz CT molecular complexity index is 521. The Morgan fingerprint density at radius 1 is 1.26 bits per heavy atom. The molecule has 0 radical (unpaired) electrons. The second kappa shape index (κ2) is 7.35. The van der Waals surface area contributed by atoms with Gasteiger partial charge in [-0.25, -0.2) is 0 Å². The molecule has 1 saturated heterocycles. The van der Waals surface area contributed by atoms with Crippen molar-refractivity contribution in [1.29, 1.82) is 0 Å². The van der Waals surface area contributed by atoms with E-state index in [2.05, 4.69) is 57.8 Å². The summed E-state index contributed by atoms with van der Waals surface area (Å²) < 4.78 is 0. The molecular formula is C19H30N4. The van der Waals surface area contributed by atoms with Crippen LogP contribution in [0, 0.1) is 5.92 Å². The van der Waals surface area contributed by atoms with Crippen LogP contribution in [0.5, 0.6) is 0 Å². The normalized spacial score (nSPS) is 23.7. The Morgan fingerprint density at radius 3 is 2.65 bits per heavy atom. The van der Waals surface area contributed by atoms with E-state index >= 15 is 0 Å². The minimum absolute atomic E-state index is 0.325. The summed E-state index contributed by atoms with van der Waals surface area (Å²) >= 11 is 0. The number of aliphatic imine (C=N–C) groups is 1. The molecule has 0 spiro atoms. The summed E-state index contributed by atoms with van der Waals surface area (Å²) in [6.45, 7) is 7.87. The van der Waals surface area contributed by atoms with Gasteiger partial charge in [-0.2, -0.15) is 0 Å². The second-order valence-corrected chi connectivity index (χ2v) is 7.00. The molecule has 1 aliphatic heterocycles. The summed E-state index contributed by atoms with van der Waals surface area (Å²) in [5.41, 5.74) is 1.78. The highest BCUT2D eigenvalue weighted by Crippen LogP contribution is 2.47. The molecule has 1 atom stereocenters.